The number of morpholine rings is 1. The first kappa shape index (κ1) is 23.9. The Kier molecular flexibility index (Phi) is 6.36. The molecule has 1 aliphatic heterocycles. The van der Waals surface area contributed by atoms with E-state index in [4.69, 9.17) is 21.1 Å². The van der Waals surface area contributed by atoms with Crippen LogP contribution in [0.4, 0.5) is 11.6 Å². The van der Waals surface area contributed by atoms with Crippen LogP contribution in [0.2, 0.25) is 5.02 Å². The summed E-state index contributed by atoms with van der Waals surface area (Å²) in [6.07, 6.45) is 4.04. The van der Waals surface area contributed by atoms with Gasteiger partial charge in [0.2, 0.25) is 18.2 Å². The van der Waals surface area contributed by atoms with Crippen LogP contribution in [0.5, 0.6) is 5.88 Å². The van der Waals surface area contributed by atoms with Crippen molar-refractivity contribution in [2.45, 2.75) is 6.10 Å². The number of aromatic nitrogens is 6. The van der Waals surface area contributed by atoms with Crippen molar-refractivity contribution < 1.29 is 14.3 Å². The van der Waals surface area contributed by atoms with Crippen LogP contribution in [0, 0.1) is 0 Å². The first-order chi connectivity index (χ1) is 18.6. The molecule has 1 amide bonds. The molecule has 6 rings (SSSR count). The highest BCUT2D eigenvalue weighted by Gasteiger charge is 2.22. The highest BCUT2D eigenvalue weighted by Crippen LogP contribution is 2.36. The highest BCUT2D eigenvalue weighted by molar-refractivity contribution is 6.33. The minimum Gasteiger partial charge on any atom is -0.480 e. The molecular weight excluding hydrogens is 508 g/mol. The number of ether oxygens (including phenoxy) is 2. The number of rotatable bonds is 7. The van der Waals surface area contributed by atoms with Gasteiger partial charge in [0.1, 0.15) is 18.1 Å². The molecule has 3 aromatic heterocycles. The third kappa shape index (κ3) is 4.53. The van der Waals surface area contributed by atoms with E-state index in [1.54, 1.807) is 18.3 Å². The number of anilines is 2. The van der Waals surface area contributed by atoms with Gasteiger partial charge in [0.15, 0.2) is 5.82 Å². The maximum Gasteiger partial charge on any atom is 0.232 e. The molecule has 0 bridgehead atoms. The van der Waals surface area contributed by atoms with E-state index in [9.17, 15) is 4.79 Å². The molecule has 11 nitrogen and oxygen atoms in total. The Balaban J connectivity index is 1.26. The zero-order valence-corrected chi connectivity index (χ0v) is 21.1. The van der Waals surface area contributed by atoms with E-state index in [1.807, 2.05) is 48.7 Å². The summed E-state index contributed by atoms with van der Waals surface area (Å²) in [5, 5.41) is 12.3. The van der Waals surface area contributed by atoms with E-state index in [-0.39, 0.29) is 6.10 Å². The van der Waals surface area contributed by atoms with Crippen LogP contribution in [0.1, 0.15) is 11.7 Å². The predicted molar refractivity (Wildman–Crippen MR) is 142 cm³/mol. The summed E-state index contributed by atoms with van der Waals surface area (Å²) >= 11 is 6.59. The number of carbonyl (C=O) groups is 1. The van der Waals surface area contributed by atoms with Gasteiger partial charge in [0.05, 0.1) is 36.4 Å². The standard InChI is InChI=1S/C26H23ClN8O3/c1-37-25-22-18(15-2-4-16(5-3-15)23-29-13-30-34-23)11-28-24(22)32-26(33-25)31-20-7-6-17(10-19(20)27)21-12-35(14-36)8-9-38-21/h2-7,10-11,13-14,21H,8-9,12H2,1H3,(H,29,30,34)(H2,28,31,32,33). The van der Waals surface area contributed by atoms with Crippen LogP contribution in [-0.4, -0.2) is 68.2 Å². The van der Waals surface area contributed by atoms with Crippen molar-refractivity contribution in [2.75, 3.05) is 32.1 Å². The summed E-state index contributed by atoms with van der Waals surface area (Å²) in [6.45, 7) is 1.56. The number of hydrogen-bond acceptors (Lipinski definition) is 8. The van der Waals surface area contributed by atoms with Crippen molar-refractivity contribution in [3.05, 3.63) is 65.6 Å². The topological polar surface area (TPSA) is 134 Å². The molecule has 1 aliphatic rings. The quantitative estimate of drug-likeness (QED) is 0.264. The molecule has 0 saturated carbocycles. The number of carbonyl (C=O) groups excluding carboxylic acids is 1. The number of nitrogens with zero attached hydrogens (tertiary/aromatic N) is 5. The molecule has 192 valence electrons. The first-order valence-electron chi connectivity index (χ1n) is 11.9. The fourth-order valence-corrected chi connectivity index (χ4v) is 4.74. The Morgan fingerprint density at radius 3 is 2.74 bits per heavy atom. The van der Waals surface area contributed by atoms with Crippen LogP contribution in [-0.2, 0) is 9.53 Å². The largest absolute Gasteiger partial charge is 0.480 e. The summed E-state index contributed by atoms with van der Waals surface area (Å²) in [6, 6.07) is 13.5. The third-order valence-corrected chi connectivity index (χ3v) is 6.75. The van der Waals surface area contributed by atoms with Gasteiger partial charge in [-0.2, -0.15) is 9.97 Å². The van der Waals surface area contributed by atoms with Crippen LogP contribution in [0.15, 0.2) is 55.0 Å². The Bertz CT molecular complexity index is 1590. The van der Waals surface area contributed by atoms with Crippen LogP contribution in [0.3, 0.4) is 0 Å². The molecule has 12 heteroatoms. The zero-order chi connectivity index (χ0) is 26.1. The van der Waals surface area contributed by atoms with E-state index in [0.29, 0.717) is 53.7 Å². The first-order valence-corrected chi connectivity index (χ1v) is 12.3. The van der Waals surface area contributed by atoms with Crippen molar-refractivity contribution in [3.63, 3.8) is 0 Å². The van der Waals surface area contributed by atoms with Gasteiger partial charge in [-0.25, -0.2) is 0 Å². The fourth-order valence-electron chi connectivity index (χ4n) is 4.51. The van der Waals surface area contributed by atoms with E-state index >= 15 is 0 Å². The van der Waals surface area contributed by atoms with Crippen LogP contribution >= 0.6 is 11.6 Å². The zero-order valence-electron chi connectivity index (χ0n) is 20.3. The molecule has 5 aromatic rings. The molecule has 1 fully saturated rings. The van der Waals surface area contributed by atoms with Gasteiger partial charge in [-0.1, -0.05) is 41.9 Å². The smallest absolute Gasteiger partial charge is 0.232 e. The second-order valence-electron chi connectivity index (χ2n) is 8.72. The molecule has 38 heavy (non-hydrogen) atoms. The molecule has 0 spiro atoms. The van der Waals surface area contributed by atoms with Crippen LogP contribution < -0.4 is 10.1 Å². The normalized spacial score (nSPS) is 15.5. The lowest BCUT2D eigenvalue weighted by molar-refractivity contribution is -0.125. The van der Waals surface area contributed by atoms with E-state index in [2.05, 4.69) is 35.5 Å². The lowest BCUT2D eigenvalue weighted by Crippen LogP contribution is -2.37. The summed E-state index contributed by atoms with van der Waals surface area (Å²) in [5.41, 5.74) is 4.95. The molecular formula is C26H23ClN8O3. The van der Waals surface area contributed by atoms with Gasteiger partial charge in [-0.15, -0.1) is 10.2 Å². The van der Waals surface area contributed by atoms with Gasteiger partial charge < -0.3 is 29.7 Å². The molecule has 1 saturated heterocycles. The van der Waals surface area contributed by atoms with Gasteiger partial charge >= 0.3 is 0 Å². The Morgan fingerprint density at radius 2 is 2.00 bits per heavy atom. The van der Waals surface area contributed by atoms with Crippen molar-refractivity contribution in [1.29, 1.82) is 0 Å². The number of hydrogen-bond donors (Lipinski definition) is 3. The monoisotopic (exact) mass is 530 g/mol. The maximum absolute atomic E-state index is 11.1. The number of aromatic amines is 2. The van der Waals surface area contributed by atoms with Gasteiger partial charge in [0, 0.05) is 23.9 Å². The van der Waals surface area contributed by atoms with E-state index in [1.165, 1.54) is 0 Å². The summed E-state index contributed by atoms with van der Waals surface area (Å²) < 4.78 is 11.5. The predicted octanol–water partition coefficient (Wildman–Crippen LogP) is 4.35. The fraction of sp³-hybridized carbons (Fsp3) is 0.192. The van der Waals surface area contributed by atoms with Crippen LogP contribution in [0.25, 0.3) is 33.5 Å². The number of nitrogens with one attached hydrogen (secondary N) is 3. The number of H-pyrrole nitrogens is 2. The summed E-state index contributed by atoms with van der Waals surface area (Å²) in [7, 11) is 1.57. The van der Waals surface area contributed by atoms with Crippen molar-refractivity contribution in [3.8, 4) is 28.4 Å². The molecule has 1 unspecified atom stereocenters. The Hall–Kier alpha value is -4.48. The maximum atomic E-state index is 11.1. The molecule has 1 atom stereocenters. The van der Waals surface area contributed by atoms with Gasteiger partial charge in [-0.3, -0.25) is 4.79 Å². The van der Waals surface area contributed by atoms with Gasteiger partial charge in [-0.05, 0) is 23.3 Å². The number of methoxy groups -OCH3 is 1. The molecule has 4 heterocycles. The number of amides is 1. The van der Waals surface area contributed by atoms with E-state index in [0.717, 1.165) is 34.1 Å². The summed E-state index contributed by atoms with van der Waals surface area (Å²) in [5.74, 6) is 1.46. The second-order valence-corrected chi connectivity index (χ2v) is 9.13. The Labute approximate surface area is 222 Å². The Morgan fingerprint density at radius 1 is 1.16 bits per heavy atom. The summed E-state index contributed by atoms with van der Waals surface area (Å²) in [4.78, 5) is 28.3. The number of fused-ring (bicyclic) bond motifs is 1. The van der Waals surface area contributed by atoms with Crippen molar-refractivity contribution >= 4 is 40.7 Å². The number of benzene rings is 2. The van der Waals surface area contributed by atoms with Gasteiger partial charge in [0.25, 0.3) is 0 Å². The molecule has 2 aromatic carbocycles. The number of halogens is 1. The third-order valence-electron chi connectivity index (χ3n) is 6.44. The average Bonchev–Trinajstić information content (AvgIpc) is 3.65. The van der Waals surface area contributed by atoms with Crippen molar-refractivity contribution in [2.24, 2.45) is 0 Å². The van der Waals surface area contributed by atoms with Crippen molar-refractivity contribution in [1.82, 2.24) is 35.0 Å². The lowest BCUT2D eigenvalue weighted by Gasteiger charge is -2.30. The average molecular weight is 531 g/mol. The molecule has 0 radical (unpaired) electrons. The molecule has 0 aliphatic carbocycles. The van der Waals surface area contributed by atoms with E-state index < -0.39 is 0 Å². The second kappa shape index (κ2) is 10.1. The SMILES string of the molecule is COc1nc(Nc2ccc(C3CN(C=O)CCO3)cc2Cl)nc2[nH]cc(-c3ccc(-c4nnc[nH]4)cc3)c12. The molecule has 3 N–H and O–H groups in total. The minimum absolute atomic E-state index is 0.227. The highest BCUT2D eigenvalue weighted by atomic mass is 35.5. The lowest BCUT2D eigenvalue weighted by atomic mass is 10.0. The minimum atomic E-state index is -0.227.